The summed E-state index contributed by atoms with van der Waals surface area (Å²) in [6, 6.07) is 18.5. The Morgan fingerprint density at radius 2 is 1.69 bits per heavy atom. The fourth-order valence-electron chi connectivity index (χ4n) is 4.58. The van der Waals surface area contributed by atoms with E-state index in [2.05, 4.69) is 27.8 Å². The Morgan fingerprint density at radius 3 is 2.31 bits per heavy atom. The Hall–Kier alpha value is -4.24. The molecule has 2 atom stereocenters. The van der Waals surface area contributed by atoms with Crippen molar-refractivity contribution in [2.75, 3.05) is 18.5 Å². The molecule has 2 aromatic carbocycles. The number of ether oxygens (including phenoxy) is 2. The third-order valence-electron chi connectivity index (χ3n) is 6.24. The van der Waals surface area contributed by atoms with Gasteiger partial charge in [-0.2, -0.15) is 0 Å². The minimum absolute atomic E-state index is 0.0495. The summed E-state index contributed by atoms with van der Waals surface area (Å²) >= 11 is 0. The topological polar surface area (TPSA) is 127 Å². The van der Waals surface area contributed by atoms with Crippen molar-refractivity contribution in [2.24, 2.45) is 0 Å². The first-order valence-corrected chi connectivity index (χ1v) is 11.2. The molecule has 2 amide bonds. The lowest BCUT2D eigenvalue weighted by Crippen LogP contribution is -2.44. The average Bonchev–Trinajstić information content (AvgIpc) is 3.46. The highest BCUT2D eigenvalue weighted by Crippen LogP contribution is 2.44. The van der Waals surface area contributed by atoms with Crippen LogP contribution < -0.4 is 10.6 Å². The van der Waals surface area contributed by atoms with Crippen molar-refractivity contribution in [1.29, 1.82) is 0 Å². The molecule has 3 aromatic rings. The molecule has 3 N–H and O–H groups in total. The van der Waals surface area contributed by atoms with Gasteiger partial charge >= 0.3 is 12.1 Å². The van der Waals surface area contributed by atoms with E-state index in [0.29, 0.717) is 12.1 Å². The number of anilines is 1. The summed E-state index contributed by atoms with van der Waals surface area (Å²) in [5, 5.41) is 14.4. The van der Waals surface area contributed by atoms with E-state index in [-0.39, 0.29) is 24.8 Å². The Kier molecular flexibility index (Phi) is 6.15. The monoisotopic (exact) mass is 473 g/mol. The van der Waals surface area contributed by atoms with Crippen LogP contribution in [0.3, 0.4) is 0 Å². The summed E-state index contributed by atoms with van der Waals surface area (Å²) in [5.41, 5.74) is 5.00. The number of amides is 2. The summed E-state index contributed by atoms with van der Waals surface area (Å²) in [4.78, 5) is 40.1. The van der Waals surface area contributed by atoms with E-state index in [9.17, 15) is 14.4 Å². The number of nitrogens with zero attached hydrogens (tertiary/aromatic N) is 1. The van der Waals surface area contributed by atoms with Gasteiger partial charge in [0, 0.05) is 12.5 Å². The van der Waals surface area contributed by atoms with Gasteiger partial charge in [0.15, 0.2) is 6.10 Å². The second kappa shape index (κ2) is 9.55. The van der Waals surface area contributed by atoms with Crippen LogP contribution in [0.15, 0.2) is 66.9 Å². The maximum Gasteiger partial charge on any atom is 0.411 e. The molecule has 1 aromatic heterocycles. The molecule has 2 unspecified atom stereocenters. The summed E-state index contributed by atoms with van der Waals surface area (Å²) in [7, 11) is 0. The molecule has 0 bridgehead atoms. The van der Waals surface area contributed by atoms with Crippen molar-refractivity contribution in [2.45, 2.75) is 24.5 Å². The number of carboxylic acid groups (broad SMARTS) is 1. The minimum atomic E-state index is -1.12. The van der Waals surface area contributed by atoms with Gasteiger partial charge in [0.2, 0.25) is 0 Å². The van der Waals surface area contributed by atoms with Gasteiger partial charge in [-0.3, -0.25) is 10.1 Å². The lowest BCUT2D eigenvalue weighted by atomic mass is 9.98. The zero-order chi connectivity index (χ0) is 24.4. The largest absolute Gasteiger partial charge is 0.479 e. The van der Waals surface area contributed by atoms with E-state index in [1.807, 2.05) is 36.4 Å². The highest BCUT2D eigenvalue weighted by Gasteiger charge is 2.35. The third kappa shape index (κ3) is 4.58. The molecule has 5 rings (SSSR count). The van der Waals surface area contributed by atoms with Gasteiger partial charge in [0.25, 0.3) is 5.91 Å². The van der Waals surface area contributed by atoms with Gasteiger partial charge in [-0.25, -0.2) is 14.6 Å². The number of aromatic nitrogens is 1. The second-order valence-corrected chi connectivity index (χ2v) is 8.38. The Balaban J connectivity index is 1.18. The molecular formula is C26H23N3O6. The molecule has 1 aliphatic carbocycles. The number of aliphatic carboxylic acids is 1. The predicted molar refractivity (Wildman–Crippen MR) is 126 cm³/mol. The van der Waals surface area contributed by atoms with Crippen LogP contribution in [0.5, 0.6) is 0 Å². The standard InChI is InChI=1S/C26H23N3O6/c30-24(29-21-11-12-34-23(21)25(31)32)22-10-9-15(13-27-22)28-26(33)35-14-20-18-7-3-1-5-16(18)17-6-2-4-8-19(17)20/h1-10,13,20-21,23H,11-12,14H2,(H,28,33)(H,29,30)(H,31,32). The van der Waals surface area contributed by atoms with Crippen molar-refractivity contribution in [3.63, 3.8) is 0 Å². The summed E-state index contributed by atoms with van der Waals surface area (Å²) in [6.07, 6.45) is 0.0482. The highest BCUT2D eigenvalue weighted by atomic mass is 16.5. The number of carboxylic acids is 1. The molecule has 35 heavy (non-hydrogen) atoms. The SMILES string of the molecule is O=C(Nc1ccc(C(=O)NC2CCOC2C(=O)O)nc1)OCC1c2ccccc2-c2ccccc21. The summed E-state index contributed by atoms with van der Waals surface area (Å²) < 4.78 is 10.6. The van der Waals surface area contributed by atoms with E-state index >= 15 is 0 Å². The number of rotatable bonds is 6. The smallest absolute Gasteiger partial charge is 0.411 e. The second-order valence-electron chi connectivity index (χ2n) is 8.38. The van der Waals surface area contributed by atoms with Crippen LogP contribution in [-0.2, 0) is 14.3 Å². The first kappa shape index (κ1) is 22.5. The number of fused-ring (bicyclic) bond motifs is 3. The van der Waals surface area contributed by atoms with Crippen LogP contribution in [0.4, 0.5) is 10.5 Å². The average molecular weight is 473 g/mol. The molecule has 2 aliphatic rings. The quantitative estimate of drug-likeness (QED) is 0.501. The van der Waals surface area contributed by atoms with Crippen molar-refractivity contribution in [3.8, 4) is 11.1 Å². The summed E-state index contributed by atoms with van der Waals surface area (Å²) in [5.74, 6) is -1.69. The zero-order valence-electron chi connectivity index (χ0n) is 18.6. The van der Waals surface area contributed by atoms with Gasteiger partial charge in [-0.05, 0) is 40.8 Å². The van der Waals surface area contributed by atoms with Crippen LogP contribution in [0.25, 0.3) is 11.1 Å². The molecular weight excluding hydrogens is 450 g/mol. The molecule has 9 nitrogen and oxygen atoms in total. The molecule has 1 saturated heterocycles. The Morgan fingerprint density at radius 1 is 1.00 bits per heavy atom. The first-order chi connectivity index (χ1) is 17.0. The van der Waals surface area contributed by atoms with E-state index in [4.69, 9.17) is 14.6 Å². The van der Waals surface area contributed by atoms with Crippen LogP contribution in [-0.4, -0.2) is 53.4 Å². The number of benzene rings is 2. The van der Waals surface area contributed by atoms with Gasteiger partial charge in [-0.15, -0.1) is 0 Å². The van der Waals surface area contributed by atoms with Crippen molar-refractivity contribution in [1.82, 2.24) is 10.3 Å². The fourth-order valence-corrected chi connectivity index (χ4v) is 4.58. The number of carbonyl (C=O) groups is 3. The molecule has 0 saturated carbocycles. The van der Waals surface area contributed by atoms with Gasteiger partial charge in [0.05, 0.1) is 17.9 Å². The van der Waals surface area contributed by atoms with Crippen LogP contribution >= 0.6 is 0 Å². The summed E-state index contributed by atoms with van der Waals surface area (Å²) in [6.45, 7) is 0.445. The number of pyridine rings is 1. The lowest BCUT2D eigenvalue weighted by molar-refractivity contribution is -0.148. The Labute approximate surface area is 201 Å². The molecule has 0 spiro atoms. The number of nitrogens with one attached hydrogen (secondary N) is 2. The van der Waals surface area contributed by atoms with Crippen LogP contribution in [0, 0.1) is 0 Å². The molecule has 1 aliphatic heterocycles. The third-order valence-corrected chi connectivity index (χ3v) is 6.24. The minimum Gasteiger partial charge on any atom is -0.479 e. The van der Waals surface area contributed by atoms with Gasteiger partial charge in [0.1, 0.15) is 12.3 Å². The lowest BCUT2D eigenvalue weighted by Gasteiger charge is -2.16. The zero-order valence-corrected chi connectivity index (χ0v) is 18.6. The highest BCUT2D eigenvalue weighted by molar-refractivity contribution is 5.93. The normalized spacial score (nSPS) is 18.4. The number of carbonyl (C=O) groups excluding carboxylic acids is 2. The first-order valence-electron chi connectivity index (χ1n) is 11.2. The molecule has 178 valence electrons. The van der Waals surface area contributed by atoms with E-state index in [1.165, 1.54) is 18.3 Å². The molecule has 1 fully saturated rings. The molecule has 9 heteroatoms. The molecule has 2 heterocycles. The predicted octanol–water partition coefficient (Wildman–Crippen LogP) is 3.41. The molecule has 0 radical (unpaired) electrons. The Bertz CT molecular complexity index is 1230. The fraction of sp³-hybridized carbons (Fsp3) is 0.231. The van der Waals surface area contributed by atoms with Crippen LogP contribution in [0.1, 0.15) is 34.0 Å². The van der Waals surface area contributed by atoms with Crippen molar-refractivity contribution in [3.05, 3.63) is 83.7 Å². The van der Waals surface area contributed by atoms with Crippen molar-refractivity contribution < 1.29 is 29.0 Å². The van der Waals surface area contributed by atoms with E-state index < -0.39 is 30.1 Å². The van der Waals surface area contributed by atoms with Crippen LogP contribution in [0.2, 0.25) is 0 Å². The van der Waals surface area contributed by atoms with Gasteiger partial charge in [-0.1, -0.05) is 48.5 Å². The van der Waals surface area contributed by atoms with E-state index in [1.54, 1.807) is 0 Å². The maximum absolute atomic E-state index is 12.4. The van der Waals surface area contributed by atoms with Gasteiger partial charge < -0.3 is 19.9 Å². The van der Waals surface area contributed by atoms with Crippen molar-refractivity contribution >= 4 is 23.7 Å². The number of hydrogen-bond donors (Lipinski definition) is 3. The number of hydrogen-bond acceptors (Lipinski definition) is 6. The maximum atomic E-state index is 12.4. The van der Waals surface area contributed by atoms with E-state index in [0.717, 1.165) is 22.3 Å².